The fourth-order valence-electron chi connectivity index (χ4n) is 2.10. The first kappa shape index (κ1) is 19.4. The second-order valence-corrected chi connectivity index (χ2v) is 7.63. The Morgan fingerprint density at radius 1 is 1.00 bits per heavy atom. The van der Waals surface area contributed by atoms with E-state index in [2.05, 4.69) is 0 Å². The SMILES string of the molecule is COc1ccc(S(=O)(=O)N(C)CCOc2ccc(Cl)cc2)cc1OC. The Kier molecular flexibility index (Phi) is 6.52. The Hall–Kier alpha value is -1.96. The normalized spacial score (nSPS) is 11.4. The Morgan fingerprint density at radius 3 is 2.24 bits per heavy atom. The van der Waals surface area contributed by atoms with Crippen molar-refractivity contribution in [1.29, 1.82) is 0 Å². The number of benzene rings is 2. The minimum atomic E-state index is -3.66. The standard InChI is InChI=1S/C17H20ClNO5S/c1-19(10-11-24-14-6-4-13(18)5-7-14)25(20,21)15-8-9-16(22-2)17(12-15)23-3/h4-9,12H,10-11H2,1-3H3. The van der Waals surface area contributed by atoms with Crippen LogP contribution in [0.5, 0.6) is 17.2 Å². The van der Waals surface area contributed by atoms with Crippen LogP contribution < -0.4 is 14.2 Å². The molecule has 8 heteroatoms. The average molecular weight is 386 g/mol. The van der Waals surface area contributed by atoms with Crippen LogP contribution in [-0.4, -0.2) is 47.1 Å². The number of ether oxygens (including phenoxy) is 3. The van der Waals surface area contributed by atoms with Crippen molar-refractivity contribution in [1.82, 2.24) is 4.31 Å². The lowest BCUT2D eigenvalue weighted by Crippen LogP contribution is -2.31. The molecular weight excluding hydrogens is 366 g/mol. The van der Waals surface area contributed by atoms with E-state index in [4.69, 9.17) is 25.8 Å². The lowest BCUT2D eigenvalue weighted by Gasteiger charge is -2.18. The number of sulfonamides is 1. The fourth-order valence-corrected chi connectivity index (χ4v) is 3.40. The van der Waals surface area contributed by atoms with E-state index < -0.39 is 10.0 Å². The second-order valence-electron chi connectivity index (χ2n) is 5.15. The molecule has 2 rings (SSSR count). The van der Waals surface area contributed by atoms with Gasteiger partial charge in [0.15, 0.2) is 11.5 Å². The molecule has 136 valence electrons. The summed E-state index contributed by atoms with van der Waals surface area (Å²) >= 11 is 5.81. The van der Waals surface area contributed by atoms with E-state index in [0.717, 1.165) is 0 Å². The van der Waals surface area contributed by atoms with Gasteiger partial charge in [-0.1, -0.05) is 11.6 Å². The first-order chi connectivity index (χ1) is 11.9. The summed E-state index contributed by atoms with van der Waals surface area (Å²) in [6.07, 6.45) is 0. The Labute approximate surface area is 152 Å². The molecule has 0 unspecified atom stereocenters. The van der Waals surface area contributed by atoms with Gasteiger partial charge in [0.1, 0.15) is 12.4 Å². The van der Waals surface area contributed by atoms with Crippen molar-refractivity contribution in [2.24, 2.45) is 0 Å². The molecule has 2 aromatic carbocycles. The molecule has 0 aliphatic carbocycles. The monoisotopic (exact) mass is 385 g/mol. The van der Waals surface area contributed by atoms with Crippen molar-refractivity contribution in [3.05, 3.63) is 47.5 Å². The van der Waals surface area contributed by atoms with Crippen LogP contribution in [0.25, 0.3) is 0 Å². The predicted molar refractivity (Wildman–Crippen MR) is 96.3 cm³/mol. The number of hydrogen-bond acceptors (Lipinski definition) is 5. The minimum Gasteiger partial charge on any atom is -0.493 e. The van der Waals surface area contributed by atoms with Gasteiger partial charge < -0.3 is 14.2 Å². The molecule has 0 aliphatic heterocycles. The predicted octanol–water partition coefficient (Wildman–Crippen LogP) is 3.06. The van der Waals surface area contributed by atoms with Crippen LogP contribution in [0.4, 0.5) is 0 Å². The third kappa shape index (κ3) is 4.78. The molecule has 0 amide bonds. The summed E-state index contributed by atoms with van der Waals surface area (Å²) in [4.78, 5) is 0.124. The molecule has 0 N–H and O–H groups in total. The highest BCUT2D eigenvalue weighted by Crippen LogP contribution is 2.30. The molecule has 0 radical (unpaired) electrons. The van der Waals surface area contributed by atoms with Crippen LogP contribution in [0.15, 0.2) is 47.4 Å². The quantitative estimate of drug-likeness (QED) is 0.698. The zero-order valence-electron chi connectivity index (χ0n) is 14.2. The molecule has 0 atom stereocenters. The topological polar surface area (TPSA) is 65.1 Å². The van der Waals surface area contributed by atoms with Crippen molar-refractivity contribution in [2.75, 3.05) is 34.4 Å². The van der Waals surface area contributed by atoms with E-state index in [1.54, 1.807) is 30.3 Å². The van der Waals surface area contributed by atoms with Crippen molar-refractivity contribution in [2.45, 2.75) is 4.90 Å². The van der Waals surface area contributed by atoms with E-state index in [1.807, 2.05) is 0 Å². The smallest absolute Gasteiger partial charge is 0.243 e. The van der Waals surface area contributed by atoms with Crippen LogP contribution >= 0.6 is 11.6 Å². The Balaban J connectivity index is 2.04. The summed E-state index contributed by atoms with van der Waals surface area (Å²) in [5, 5.41) is 0.612. The third-order valence-electron chi connectivity index (χ3n) is 3.55. The van der Waals surface area contributed by atoms with Crippen molar-refractivity contribution in [3.8, 4) is 17.2 Å². The summed E-state index contributed by atoms with van der Waals surface area (Å²) < 4.78 is 42.3. The van der Waals surface area contributed by atoms with Crippen molar-refractivity contribution >= 4 is 21.6 Å². The highest BCUT2D eigenvalue weighted by atomic mass is 35.5. The lowest BCUT2D eigenvalue weighted by molar-refractivity contribution is 0.287. The third-order valence-corrected chi connectivity index (χ3v) is 5.66. The van der Waals surface area contributed by atoms with Gasteiger partial charge in [0.25, 0.3) is 0 Å². The maximum atomic E-state index is 12.6. The number of likely N-dealkylation sites (N-methyl/N-ethyl adjacent to an activating group) is 1. The van der Waals surface area contributed by atoms with Gasteiger partial charge in [-0.15, -0.1) is 0 Å². The molecule has 0 spiro atoms. The highest BCUT2D eigenvalue weighted by molar-refractivity contribution is 7.89. The molecule has 25 heavy (non-hydrogen) atoms. The minimum absolute atomic E-state index is 0.124. The van der Waals surface area contributed by atoms with Crippen LogP contribution in [0.3, 0.4) is 0 Å². The molecule has 0 aliphatic rings. The van der Waals surface area contributed by atoms with E-state index in [1.165, 1.54) is 37.7 Å². The number of methoxy groups -OCH3 is 2. The van der Waals surface area contributed by atoms with E-state index >= 15 is 0 Å². The molecule has 0 saturated heterocycles. The van der Waals surface area contributed by atoms with Crippen LogP contribution in [0.2, 0.25) is 5.02 Å². The lowest BCUT2D eigenvalue weighted by atomic mass is 10.3. The first-order valence-electron chi connectivity index (χ1n) is 7.45. The summed E-state index contributed by atoms with van der Waals surface area (Å²) in [7, 11) is 0.785. The average Bonchev–Trinajstić information content (AvgIpc) is 2.62. The van der Waals surface area contributed by atoms with Crippen molar-refractivity contribution < 1.29 is 22.6 Å². The van der Waals surface area contributed by atoms with Crippen LogP contribution in [-0.2, 0) is 10.0 Å². The molecule has 0 saturated carbocycles. The molecule has 0 aromatic heterocycles. The van der Waals surface area contributed by atoms with Gasteiger partial charge in [-0.2, -0.15) is 4.31 Å². The number of rotatable bonds is 8. The molecule has 2 aromatic rings. The van der Waals surface area contributed by atoms with Gasteiger partial charge in [-0.3, -0.25) is 0 Å². The summed E-state index contributed by atoms with van der Waals surface area (Å²) in [6, 6.07) is 11.3. The van der Waals surface area contributed by atoms with Gasteiger partial charge in [0, 0.05) is 24.7 Å². The fraction of sp³-hybridized carbons (Fsp3) is 0.294. The Bertz CT molecular complexity index is 808. The van der Waals surface area contributed by atoms with Gasteiger partial charge in [-0.05, 0) is 36.4 Å². The zero-order valence-corrected chi connectivity index (χ0v) is 15.8. The zero-order chi connectivity index (χ0) is 18.4. The van der Waals surface area contributed by atoms with Gasteiger partial charge in [-0.25, -0.2) is 8.42 Å². The number of nitrogens with zero attached hydrogens (tertiary/aromatic N) is 1. The second kappa shape index (κ2) is 8.42. The molecule has 0 heterocycles. The summed E-state index contributed by atoms with van der Waals surface area (Å²) in [5.41, 5.74) is 0. The van der Waals surface area contributed by atoms with Gasteiger partial charge in [0.05, 0.1) is 19.1 Å². The number of hydrogen-bond donors (Lipinski definition) is 0. The van der Waals surface area contributed by atoms with E-state index in [-0.39, 0.29) is 18.0 Å². The highest BCUT2D eigenvalue weighted by Gasteiger charge is 2.22. The summed E-state index contributed by atoms with van der Waals surface area (Å²) in [5.74, 6) is 1.45. The van der Waals surface area contributed by atoms with Crippen LogP contribution in [0.1, 0.15) is 0 Å². The summed E-state index contributed by atoms with van der Waals surface area (Å²) in [6.45, 7) is 0.407. The van der Waals surface area contributed by atoms with Gasteiger partial charge in [0.2, 0.25) is 10.0 Å². The number of halogens is 1. The molecule has 0 fully saturated rings. The molecule has 6 nitrogen and oxygen atoms in total. The maximum absolute atomic E-state index is 12.6. The Morgan fingerprint density at radius 2 is 1.64 bits per heavy atom. The van der Waals surface area contributed by atoms with Crippen molar-refractivity contribution in [3.63, 3.8) is 0 Å². The van der Waals surface area contributed by atoms with E-state index in [9.17, 15) is 8.42 Å². The first-order valence-corrected chi connectivity index (χ1v) is 9.27. The van der Waals surface area contributed by atoms with E-state index in [0.29, 0.717) is 22.3 Å². The maximum Gasteiger partial charge on any atom is 0.243 e. The molecule has 0 bridgehead atoms. The largest absolute Gasteiger partial charge is 0.493 e. The molecular formula is C17H20ClNO5S. The van der Waals surface area contributed by atoms with Gasteiger partial charge >= 0.3 is 0 Å². The van der Waals surface area contributed by atoms with Crippen LogP contribution in [0, 0.1) is 0 Å².